The Bertz CT molecular complexity index is 1040. The molecule has 1 amide bonds. The van der Waals surface area contributed by atoms with E-state index in [1.807, 2.05) is 0 Å². The predicted octanol–water partition coefficient (Wildman–Crippen LogP) is 2.76. The molecule has 0 unspecified atom stereocenters. The highest BCUT2D eigenvalue weighted by Crippen LogP contribution is 2.34. The second-order valence-corrected chi connectivity index (χ2v) is 8.73. The van der Waals surface area contributed by atoms with E-state index >= 15 is 0 Å². The lowest BCUT2D eigenvalue weighted by molar-refractivity contribution is -0.154. The number of aryl methyl sites for hydroxylation is 1. The minimum Gasteiger partial charge on any atom is -0.459 e. The van der Waals surface area contributed by atoms with Gasteiger partial charge < -0.3 is 10.1 Å². The zero-order valence-electron chi connectivity index (χ0n) is 16.0. The van der Waals surface area contributed by atoms with Crippen LogP contribution in [0.25, 0.3) is 0 Å². The fourth-order valence-corrected chi connectivity index (χ4v) is 4.93. The van der Waals surface area contributed by atoms with Gasteiger partial charge in [0.1, 0.15) is 10.7 Å². The van der Waals surface area contributed by atoms with Gasteiger partial charge >= 0.3 is 11.9 Å². The first-order chi connectivity index (χ1) is 13.8. The molecule has 2 aromatic rings. The summed E-state index contributed by atoms with van der Waals surface area (Å²) in [5, 5.41) is 2.57. The molecule has 1 aliphatic rings. The lowest BCUT2D eigenvalue weighted by Gasteiger charge is -2.26. The van der Waals surface area contributed by atoms with Crippen molar-refractivity contribution in [3.8, 4) is 0 Å². The third-order valence-electron chi connectivity index (χ3n) is 4.96. The second-order valence-electron chi connectivity index (χ2n) is 6.81. The molecular weight excluding hydrogens is 397 g/mol. The topological polar surface area (TPSA) is 89.5 Å². The highest BCUT2D eigenvalue weighted by atomic mass is 32.2. The second kappa shape index (κ2) is 8.73. The number of hydrogen-bond acceptors (Lipinski definition) is 5. The monoisotopic (exact) mass is 419 g/mol. The van der Waals surface area contributed by atoms with Crippen molar-refractivity contribution in [1.82, 2.24) is 5.32 Å². The van der Waals surface area contributed by atoms with E-state index in [1.54, 1.807) is 19.1 Å². The molecule has 6 nitrogen and oxygen atoms in total. The van der Waals surface area contributed by atoms with Crippen molar-refractivity contribution in [3.63, 3.8) is 0 Å². The molecule has 154 valence electrons. The van der Waals surface area contributed by atoms with E-state index in [9.17, 15) is 22.4 Å². The number of halogens is 1. The van der Waals surface area contributed by atoms with Crippen LogP contribution >= 0.6 is 0 Å². The standard InChI is InChI=1S/C21H22FNO5S/c1-2-28-21(25)20(24)23-13-15-7-5-6-14-12-16(10-11-17(14)15)29(26,27)19-9-4-3-8-18(19)22/h3-4,8-12,15H,2,5-7,13H2,1H3,(H,23,24)/t15-/m0/s1. The van der Waals surface area contributed by atoms with Crippen LogP contribution in [0.3, 0.4) is 0 Å². The van der Waals surface area contributed by atoms with Crippen LogP contribution in [-0.4, -0.2) is 33.4 Å². The Balaban J connectivity index is 1.82. The molecule has 1 N–H and O–H groups in total. The van der Waals surface area contributed by atoms with Gasteiger partial charge in [-0.15, -0.1) is 0 Å². The summed E-state index contributed by atoms with van der Waals surface area (Å²) in [4.78, 5) is 22.9. The van der Waals surface area contributed by atoms with Crippen molar-refractivity contribution >= 4 is 21.7 Å². The summed E-state index contributed by atoms with van der Waals surface area (Å²) >= 11 is 0. The average Bonchev–Trinajstić information content (AvgIpc) is 2.71. The van der Waals surface area contributed by atoms with E-state index in [0.29, 0.717) is 6.42 Å². The Kier molecular flexibility index (Phi) is 6.32. The van der Waals surface area contributed by atoms with E-state index < -0.39 is 27.5 Å². The lowest BCUT2D eigenvalue weighted by Crippen LogP contribution is -2.36. The molecule has 0 saturated carbocycles. The summed E-state index contributed by atoms with van der Waals surface area (Å²) in [6, 6.07) is 10.0. The summed E-state index contributed by atoms with van der Waals surface area (Å²) in [7, 11) is -3.97. The average molecular weight is 419 g/mol. The minimum absolute atomic E-state index is 0.0394. The van der Waals surface area contributed by atoms with Gasteiger partial charge in [0.15, 0.2) is 0 Å². The number of ether oxygens (including phenoxy) is 1. The fourth-order valence-electron chi connectivity index (χ4n) is 3.54. The van der Waals surface area contributed by atoms with E-state index in [0.717, 1.165) is 30.0 Å². The van der Waals surface area contributed by atoms with Crippen molar-refractivity contribution in [2.75, 3.05) is 13.2 Å². The van der Waals surface area contributed by atoms with Crippen LogP contribution in [-0.2, 0) is 30.6 Å². The molecule has 2 aromatic carbocycles. The van der Waals surface area contributed by atoms with Gasteiger partial charge in [-0.25, -0.2) is 17.6 Å². The number of esters is 1. The Morgan fingerprint density at radius 2 is 1.97 bits per heavy atom. The Labute approximate surface area is 169 Å². The number of carbonyl (C=O) groups excluding carboxylic acids is 2. The summed E-state index contributed by atoms with van der Waals surface area (Å²) in [5.74, 6) is -2.54. The molecular formula is C21H22FNO5S. The number of amides is 1. The summed E-state index contributed by atoms with van der Waals surface area (Å²) in [5.41, 5.74) is 1.77. The third kappa shape index (κ3) is 4.48. The predicted molar refractivity (Wildman–Crippen MR) is 104 cm³/mol. The normalized spacial score (nSPS) is 16.0. The molecule has 1 aliphatic carbocycles. The molecule has 0 bridgehead atoms. The zero-order valence-corrected chi connectivity index (χ0v) is 16.8. The van der Waals surface area contributed by atoms with Gasteiger partial charge in [-0.2, -0.15) is 0 Å². The van der Waals surface area contributed by atoms with Crippen molar-refractivity contribution < 1.29 is 27.1 Å². The SMILES string of the molecule is CCOC(=O)C(=O)NC[C@@H]1CCCc2cc(S(=O)(=O)c3ccccc3F)ccc21. The van der Waals surface area contributed by atoms with Gasteiger partial charge in [0.2, 0.25) is 9.84 Å². The highest BCUT2D eigenvalue weighted by molar-refractivity contribution is 7.91. The first kappa shape index (κ1) is 21.0. The maximum Gasteiger partial charge on any atom is 0.396 e. The first-order valence-corrected chi connectivity index (χ1v) is 10.9. The van der Waals surface area contributed by atoms with E-state index in [2.05, 4.69) is 10.1 Å². The van der Waals surface area contributed by atoms with Gasteiger partial charge in [-0.3, -0.25) is 4.79 Å². The van der Waals surface area contributed by atoms with Gasteiger partial charge in [0.25, 0.3) is 0 Å². The van der Waals surface area contributed by atoms with Gasteiger partial charge in [-0.1, -0.05) is 18.2 Å². The van der Waals surface area contributed by atoms with Crippen molar-refractivity contribution in [3.05, 3.63) is 59.4 Å². The fraction of sp³-hybridized carbons (Fsp3) is 0.333. The Morgan fingerprint density at radius 1 is 1.21 bits per heavy atom. The quantitative estimate of drug-likeness (QED) is 0.595. The first-order valence-electron chi connectivity index (χ1n) is 9.42. The smallest absolute Gasteiger partial charge is 0.396 e. The van der Waals surface area contributed by atoms with Crippen molar-refractivity contribution in [2.24, 2.45) is 0 Å². The van der Waals surface area contributed by atoms with Crippen molar-refractivity contribution in [1.29, 1.82) is 0 Å². The molecule has 0 aliphatic heterocycles. The summed E-state index contributed by atoms with van der Waals surface area (Å²) in [6.07, 6.45) is 2.31. The molecule has 8 heteroatoms. The Morgan fingerprint density at radius 3 is 2.69 bits per heavy atom. The Hall–Kier alpha value is -2.74. The van der Waals surface area contributed by atoms with Crippen LogP contribution in [0.1, 0.15) is 36.8 Å². The van der Waals surface area contributed by atoms with Crippen molar-refractivity contribution in [2.45, 2.75) is 41.9 Å². The largest absolute Gasteiger partial charge is 0.459 e. The number of nitrogens with one attached hydrogen (secondary N) is 1. The minimum atomic E-state index is -3.97. The number of carbonyl (C=O) groups is 2. The maximum atomic E-state index is 14.0. The van der Waals surface area contributed by atoms with E-state index in [4.69, 9.17) is 0 Å². The van der Waals surface area contributed by atoms with Crippen LogP contribution in [0, 0.1) is 5.82 Å². The molecule has 0 heterocycles. The third-order valence-corrected chi connectivity index (χ3v) is 6.74. The molecule has 0 saturated heterocycles. The lowest BCUT2D eigenvalue weighted by atomic mass is 9.83. The molecule has 3 rings (SSSR count). The molecule has 0 spiro atoms. The number of hydrogen-bond donors (Lipinski definition) is 1. The van der Waals surface area contributed by atoms with Gasteiger partial charge in [0, 0.05) is 12.5 Å². The van der Waals surface area contributed by atoms with Crippen LogP contribution in [0.4, 0.5) is 4.39 Å². The maximum absolute atomic E-state index is 14.0. The number of sulfone groups is 1. The molecule has 0 aromatic heterocycles. The summed E-state index contributed by atoms with van der Waals surface area (Å²) in [6.45, 7) is 2.00. The summed E-state index contributed by atoms with van der Waals surface area (Å²) < 4.78 is 44.3. The molecule has 0 fully saturated rings. The zero-order chi connectivity index (χ0) is 21.0. The van der Waals surface area contributed by atoms with Crippen LogP contribution in [0.5, 0.6) is 0 Å². The van der Waals surface area contributed by atoms with Gasteiger partial charge in [-0.05, 0) is 61.6 Å². The van der Waals surface area contributed by atoms with E-state index in [-0.39, 0.29) is 28.9 Å². The molecule has 29 heavy (non-hydrogen) atoms. The molecule has 1 atom stereocenters. The number of rotatable bonds is 5. The number of fused-ring (bicyclic) bond motifs is 1. The number of benzene rings is 2. The van der Waals surface area contributed by atoms with Crippen LogP contribution in [0.2, 0.25) is 0 Å². The molecule has 0 radical (unpaired) electrons. The van der Waals surface area contributed by atoms with Crippen LogP contribution in [0.15, 0.2) is 52.3 Å². The highest BCUT2D eigenvalue weighted by Gasteiger charge is 2.26. The van der Waals surface area contributed by atoms with Crippen LogP contribution < -0.4 is 5.32 Å². The van der Waals surface area contributed by atoms with E-state index in [1.165, 1.54) is 24.3 Å². The van der Waals surface area contributed by atoms with Gasteiger partial charge in [0.05, 0.1) is 11.5 Å².